The topological polar surface area (TPSA) is 49.8 Å². The van der Waals surface area contributed by atoms with Crippen LogP contribution in [0.3, 0.4) is 0 Å². The highest BCUT2D eigenvalue weighted by Gasteiger charge is 2.05. The van der Waals surface area contributed by atoms with Crippen LogP contribution in [0.4, 0.5) is 0 Å². The molecule has 1 aromatic rings. The molecule has 2 heteroatoms. The fourth-order valence-electron chi connectivity index (χ4n) is 1.23. The number of hydrogen-bond donors (Lipinski definition) is 1. The molecule has 0 spiro atoms. The van der Waals surface area contributed by atoms with E-state index in [2.05, 4.69) is 12.6 Å². The molecule has 13 heavy (non-hydrogen) atoms. The summed E-state index contributed by atoms with van der Waals surface area (Å²) in [6, 6.07) is 9.61. The molecule has 0 heterocycles. The highest BCUT2D eigenvalue weighted by atomic mass is 14.6. The summed E-state index contributed by atoms with van der Waals surface area (Å²) in [5, 5.41) is 8.58. The smallest absolute Gasteiger partial charge is 0.0669 e. The lowest BCUT2D eigenvalue weighted by atomic mass is 9.99. The summed E-state index contributed by atoms with van der Waals surface area (Å²) in [4.78, 5) is 0. The first-order valence-electron chi connectivity index (χ1n) is 4.12. The molecule has 0 aliphatic rings. The average molecular weight is 172 g/mol. The Morgan fingerprint density at radius 3 is 2.85 bits per heavy atom. The largest absolute Gasteiger partial charge is 0.321 e. The summed E-state index contributed by atoms with van der Waals surface area (Å²) >= 11 is 0. The quantitative estimate of drug-likeness (QED) is 0.708. The van der Waals surface area contributed by atoms with Gasteiger partial charge >= 0.3 is 0 Å². The van der Waals surface area contributed by atoms with Gasteiger partial charge in [0.05, 0.1) is 12.5 Å². The van der Waals surface area contributed by atoms with Gasteiger partial charge in [0.15, 0.2) is 0 Å². The summed E-state index contributed by atoms with van der Waals surface area (Å²) in [7, 11) is 0. The van der Waals surface area contributed by atoms with Crippen molar-refractivity contribution in [3.05, 3.63) is 48.0 Å². The zero-order valence-electron chi connectivity index (χ0n) is 7.40. The summed E-state index contributed by atoms with van der Waals surface area (Å²) in [5.74, 6) is 0. The van der Waals surface area contributed by atoms with Crippen molar-refractivity contribution in [3.8, 4) is 6.07 Å². The van der Waals surface area contributed by atoms with Crippen molar-refractivity contribution < 1.29 is 0 Å². The molecule has 0 saturated carbocycles. The molecular formula is C11H12N2. The van der Waals surface area contributed by atoms with E-state index in [1.165, 1.54) is 0 Å². The summed E-state index contributed by atoms with van der Waals surface area (Å²) in [5.41, 5.74) is 7.77. The van der Waals surface area contributed by atoms with Gasteiger partial charge in [0.2, 0.25) is 0 Å². The maximum absolute atomic E-state index is 8.58. The molecule has 0 bridgehead atoms. The van der Waals surface area contributed by atoms with Gasteiger partial charge in [0, 0.05) is 6.04 Å². The zero-order chi connectivity index (χ0) is 9.68. The second-order valence-electron chi connectivity index (χ2n) is 2.80. The molecule has 0 saturated heterocycles. The number of nitrogens with two attached hydrogens (primary N) is 1. The molecule has 2 nitrogen and oxygen atoms in total. The minimum absolute atomic E-state index is 0.176. The normalized spacial score (nSPS) is 11.7. The maximum Gasteiger partial charge on any atom is 0.0669 e. The van der Waals surface area contributed by atoms with Crippen LogP contribution < -0.4 is 5.73 Å². The van der Waals surface area contributed by atoms with Crippen LogP contribution in [0.25, 0.3) is 0 Å². The van der Waals surface area contributed by atoms with E-state index in [1.54, 1.807) is 6.08 Å². The molecule has 0 amide bonds. The number of hydrogen-bond acceptors (Lipinski definition) is 2. The Hall–Kier alpha value is -1.59. The predicted octanol–water partition coefficient (Wildman–Crippen LogP) is 1.94. The van der Waals surface area contributed by atoms with Crippen molar-refractivity contribution in [2.45, 2.75) is 12.5 Å². The lowest BCUT2D eigenvalue weighted by Crippen LogP contribution is -2.09. The molecule has 66 valence electrons. The van der Waals surface area contributed by atoms with Crippen LogP contribution in [-0.2, 0) is 6.42 Å². The Morgan fingerprint density at radius 2 is 2.23 bits per heavy atom. The Labute approximate surface area is 78.3 Å². The second kappa shape index (κ2) is 4.44. The standard InChI is InChI=1S/C11H12N2/c1-2-11(13)10-6-4-3-5-9(10)7-8-12/h2-6,11H,1,7,13H2/t11-/m1/s1. The molecule has 0 aliphatic heterocycles. The third-order valence-corrected chi connectivity index (χ3v) is 1.94. The molecule has 1 atom stereocenters. The zero-order valence-corrected chi connectivity index (χ0v) is 7.40. The van der Waals surface area contributed by atoms with Crippen LogP contribution >= 0.6 is 0 Å². The minimum atomic E-state index is -0.176. The fraction of sp³-hybridized carbons (Fsp3) is 0.182. The van der Waals surface area contributed by atoms with E-state index < -0.39 is 0 Å². The van der Waals surface area contributed by atoms with Gasteiger partial charge in [-0.2, -0.15) is 5.26 Å². The SMILES string of the molecule is C=C[C@@H](N)c1ccccc1CC#N. The van der Waals surface area contributed by atoms with Gasteiger partial charge in [0.1, 0.15) is 0 Å². The number of nitrogens with zero attached hydrogens (tertiary/aromatic N) is 1. The maximum atomic E-state index is 8.58. The molecule has 1 aromatic carbocycles. The molecule has 1 rings (SSSR count). The van der Waals surface area contributed by atoms with E-state index in [-0.39, 0.29) is 6.04 Å². The molecule has 2 N–H and O–H groups in total. The highest BCUT2D eigenvalue weighted by molar-refractivity contribution is 5.33. The van der Waals surface area contributed by atoms with Crippen molar-refractivity contribution in [2.75, 3.05) is 0 Å². The monoisotopic (exact) mass is 172 g/mol. The Bertz CT molecular complexity index is 336. The van der Waals surface area contributed by atoms with Crippen LogP contribution in [-0.4, -0.2) is 0 Å². The summed E-state index contributed by atoms with van der Waals surface area (Å²) < 4.78 is 0. The highest BCUT2D eigenvalue weighted by Crippen LogP contribution is 2.16. The first-order valence-corrected chi connectivity index (χ1v) is 4.12. The van der Waals surface area contributed by atoms with E-state index in [1.807, 2.05) is 24.3 Å². The first kappa shape index (κ1) is 9.50. The van der Waals surface area contributed by atoms with Gasteiger partial charge in [0.25, 0.3) is 0 Å². The van der Waals surface area contributed by atoms with Gasteiger partial charge < -0.3 is 5.73 Å². The second-order valence-corrected chi connectivity index (χ2v) is 2.80. The number of benzene rings is 1. The van der Waals surface area contributed by atoms with Crippen LogP contribution in [0.5, 0.6) is 0 Å². The molecule has 0 aliphatic carbocycles. The summed E-state index contributed by atoms with van der Waals surface area (Å²) in [6.45, 7) is 3.63. The van der Waals surface area contributed by atoms with Crippen molar-refractivity contribution in [2.24, 2.45) is 5.73 Å². The van der Waals surface area contributed by atoms with Crippen molar-refractivity contribution in [1.29, 1.82) is 5.26 Å². The van der Waals surface area contributed by atoms with E-state index in [9.17, 15) is 0 Å². The van der Waals surface area contributed by atoms with Gasteiger partial charge in [-0.3, -0.25) is 0 Å². The predicted molar refractivity (Wildman–Crippen MR) is 52.9 cm³/mol. The molecule has 0 radical (unpaired) electrons. The van der Waals surface area contributed by atoms with E-state index in [0.29, 0.717) is 6.42 Å². The van der Waals surface area contributed by atoms with Crippen molar-refractivity contribution in [3.63, 3.8) is 0 Å². The lowest BCUT2D eigenvalue weighted by molar-refractivity contribution is 0.895. The Kier molecular flexibility index (Phi) is 3.24. The molecule has 0 unspecified atom stereocenters. The van der Waals surface area contributed by atoms with E-state index >= 15 is 0 Å². The van der Waals surface area contributed by atoms with Gasteiger partial charge in [-0.05, 0) is 11.1 Å². The minimum Gasteiger partial charge on any atom is -0.321 e. The first-order chi connectivity index (χ1) is 6.29. The van der Waals surface area contributed by atoms with Crippen LogP contribution in [0, 0.1) is 11.3 Å². The van der Waals surface area contributed by atoms with Crippen LogP contribution in [0.15, 0.2) is 36.9 Å². The number of rotatable bonds is 3. The Balaban J connectivity index is 3.05. The van der Waals surface area contributed by atoms with Crippen molar-refractivity contribution >= 4 is 0 Å². The third-order valence-electron chi connectivity index (χ3n) is 1.94. The molecular weight excluding hydrogens is 160 g/mol. The third kappa shape index (κ3) is 2.17. The van der Waals surface area contributed by atoms with Crippen LogP contribution in [0.2, 0.25) is 0 Å². The van der Waals surface area contributed by atoms with E-state index in [0.717, 1.165) is 11.1 Å². The lowest BCUT2D eigenvalue weighted by Gasteiger charge is -2.10. The van der Waals surface area contributed by atoms with Gasteiger partial charge in [-0.1, -0.05) is 30.3 Å². The average Bonchev–Trinajstić information content (AvgIpc) is 2.18. The summed E-state index contributed by atoms with van der Waals surface area (Å²) in [6.07, 6.45) is 2.08. The van der Waals surface area contributed by atoms with E-state index in [4.69, 9.17) is 11.0 Å². The van der Waals surface area contributed by atoms with Crippen LogP contribution in [0.1, 0.15) is 17.2 Å². The molecule has 0 aromatic heterocycles. The van der Waals surface area contributed by atoms with Gasteiger partial charge in [-0.25, -0.2) is 0 Å². The fourth-order valence-corrected chi connectivity index (χ4v) is 1.23. The van der Waals surface area contributed by atoms with Gasteiger partial charge in [-0.15, -0.1) is 6.58 Å². The molecule has 0 fully saturated rings. The van der Waals surface area contributed by atoms with Crippen molar-refractivity contribution in [1.82, 2.24) is 0 Å². The number of nitriles is 1. The Morgan fingerprint density at radius 1 is 1.54 bits per heavy atom.